The highest BCUT2D eigenvalue weighted by atomic mass is 16.6. The van der Waals surface area contributed by atoms with Gasteiger partial charge in [-0.05, 0) is 13.8 Å². The zero-order valence-corrected chi connectivity index (χ0v) is 10.3. The van der Waals surface area contributed by atoms with Crippen molar-refractivity contribution in [2.24, 2.45) is 0 Å². The smallest absolute Gasteiger partial charge is 0.274 e. The largest absolute Gasteiger partial charge is 0.369 e. The van der Waals surface area contributed by atoms with Crippen LogP contribution in [0.2, 0.25) is 0 Å². The molecule has 0 unspecified atom stereocenters. The van der Waals surface area contributed by atoms with Crippen LogP contribution in [-0.4, -0.2) is 28.4 Å². The molecule has 2 N–H and O–H groups in total. The summed E-state index contributed by atoms with van der Waals surface area (Å²) in [6.45, 7) is 4.15. The zero-order chi connectivity index (χ0) is 13.5. The SMILES string of the molecule is CC(C)NC(=O)CCNc1cc([N+](=O)[O-])ccn1. The second kappa shape index (κ2) is 6.53. The van der Waals surface area contributed by atoms with Crippen LogP contribution in [0.1, 0.15) is 20.3 Å². The maximum atomic E-state index is 11.3. The molecular formula is C11H16N4O3. The van der Waals surface area contributed by atoms with E-state index in [1.54, 1.807) is 0 Å². The van der Waals surface area contributed by atoms with E-state index in [1.807, 2.05) is 13.8 Å². The van der Waals surface area contributed by atoms with Crippen LogP contribution >= 0.6 is 0 Å². The van der Waals surface area contributed by atoms with Gasteiger partial charge in [-0.25, -0.2) is 4.98 Å². The van der Waals surface area contributed by atoms with Gasteiger partial charge >= 0.3 is 0 Å². The summed E-state index contributed by atoms with van der Waals surface area (Å²) >= 11 is 0. The van der Waals surface area contributed by atoms with Crippen molar-refractivity contribution in [2.75, 3.05) is 11.9 Å². The second-order valence-electron chi connectivity index (χ2n) is 4.06. The third kappa shape index (κ3) is 4.77. The first kappa shape index (κ1) is 13.9. The van der Waals surface area contributed by atoms with E-state index in [2.05, 4.69) is 15.6 Å². The number of rotatable bonds is 6. The standard InChI is InChI=1S/C11H16N4O3/c1-8(2)14-11(16)4-6-13-10-7-9(15(17)18)3-5-12-10/h3,5,7-8H,4,6H2,1-2H3,(H,12,13)(H,14,16). The second-order valence-corrected chi connectivity index (χ2v) is 4.06. The maximum Gasteiger partial charge on any atom is 0.274 e. The van der Waals surface area contributed by atoms with E-state index in [-0.39, 0.29) is 17.6 Å². The molecule has 0 bridgehead atoms. The molecule has 1 amide bonds. The Morgan fingerprint density at radius 3 is 2.89 bits per heavy atom. The van der Waals surface area contributed by atoms with Crippen LogP contribution in [0.4, 0.5) is 11.5 Å². The van der Waals surface area contributed by atoms with Crippen molar-refractivity contribution in [3.8, 4) is 0 Å². The number of nitrogens with one attached hydrogen (secondary N) is 2. The van der Waals surface area contributed by atoms with Crippen molar-refractivity contribution in [1.29, 1.82) is 0 Å². The summed E-state index contributed by atoms with van der Waals surface area (Å²) in [6.07, 6.45) is 1.65. The fourth-order valence-corrected chi connectivity index (χ4v) is 1.33. The minimum Gasteiger partial charge on any atom is -0.369 e. The van der Waals surface area contributed by atoms with E-state index in [4.69, 9.17) is 0 Å². The Kier molecular flexibility index (Phi) is 5.04. The van der Waals surface area contributed by atoms with Gasteiger partial charge in [0.25, 0.3) is 5.69 Å². The summed E-state index contributed by atoms with van der Waals surface area (Å²) in [5, 5.41) is 16.2. The number of nitro groups is 1. The van der Waals surface area contributed by atoms with Gasteiger partial charge in [0.2, 0.25) is 5.91 Å². The number of carbonyl (C=O) groups is 1. The Labute approximate surface area is 105 Å². The average Bonchev–Trinajstić information content (AvgIpc) is 2.28. The van der Waals surface area contributed by atoms with E-state index in [1.165, 1.54) is 18.3 Å². The zero-order valence-electron chi connectivity index (χ0n) is 10.3. The molecule has 0 aliphatic carbocycles. The summed E-state index contributed by atoms with van der Waals surface area (Å²) in [7, 11) is 0. The summed E-state index contributed by atoms with van der Waals surface area (Å²) < 4.78 is 0. The monoisotopic (exact) mass is 252 g/mol. The molecule has 7 heteroatoms. The third-order valence-electron chi connectivity index (χ3n) is 2.06. The Bertz CT molecular complexity index is 434. The molecule has 0 aliphatic heterocycles. The van der Waals surface area contributed by atoms with Crippen molar-refractivity contribution in [3.05, 3.63) is 28.4 Å². The molecule has 0 saturated carbocycles. The summed E-state index contributed by atoms with van der Waals surface area (Å²) in [5.74, 6) is 0.324. The van der Waals surface area contributed by atoms with Crippen LogP contribution < -0.4 is 10.6 Å². The molecule has 0 atom stereocenters. The third-order valence-corrected chi connectivity index (χ3v) is 2.06. The minimum absolute atomic E-state index is 0.0286. The van der Waals surface area contributed by atoms with E-state index in [0.29, 0.717) is 18.8 Å². The maximum absolute atomic E-state index is 11.3. The number of carbonyl (C=O) groups excluding carboxylic acids is 1. The minimum atomic E-state index is -0.488. The molecule has 0 saturated heterocycles. The lowest BCUT2D eigenvalue weighted by atomic mass is 10.3. The quantitative estimate of drug-likeness (QED) is 0.587. The molecule has 0 radical (unpaired) electrons. The van der Waals surface area contributed by atoms with Gasteiger partial charge in [-0.3, -0.25) is 14.9 Å². The summed E-state index contributed by atoms with van der Waals surface area (Å²) in [4.78, 5) is 25.3. The van der Waals surface area contributed by atoms with Crippen LogP contribution in [0, 0.1) is 10.1 Å². The van der Waals surface area contributed by atoms with Crippen LogP contribution in [0.3, 0.4) is 0 Å². The van der Waals surface area contributed by atoms with Crippen molar-refractivity contribution in [2.45, 2.75) is 26.3 Å². The topological polar surface area (TPSA) is 97.2 Å². The predicted molar refractivity (Wildman–Crippen MR) is 67.3 cm³/mol. The Balaban J connectivity index is 2.42. The van der Waals surface area contributed by atoms with Gasteiger partial charge in [0, 0.05) is 31.3 Å². The van der Waals surface area contributed by atoms with Gasteiger partial charge in [-0.2, -0.15) is 0 Å². The first-order chi connectivity index (χ1) is 8.49. The summed E-state index contributed by atoms with van der Waals surface area (Å²) in [5.41, 5.74) is -0.0286. The lowest BCUT2D eigenvalue weighted by Crippen LogP contribution is -2.31. The Hall–Kier alpha value is -2.18. The molecule has 0 aromatic carbocycles. The highest BCUT2D eigenvalue weighted by molar-refractivity contribution is 5.76. The van der Waals surface area contributed by atoms with Crippen molar-refractivity contribution >= 4 is 17.4 Å². The number of hydrogen-bond acceptors (Lipinski definition) is 5. The van der Waals surface area contributed by atoms with Gasteiger partial charge in [0.1, 0.15) is 5.82 Å². The molecule has 98 valence electrons. The molecule has 1 heterocycles. The Morgan fingerprint density at radius 2 is 2.28 bits per heavy atom. The number of anilines is 1. The Morgan fingerprint density at radius 1 is 1.56 bits per heavy atom. The molecule has 1 rings (SSSR count). The number of aromatic nitrogens is 1. The fourth-order valence-electron chi connectivity index (χ4n) is 1.33. The fraction of sp³-hybridized carbons (Fsp3) is 0.455. The molecule has 1 aromatic heterocycles. The molecule has 18 heavy (non-hydrogen) atoms. The van der Waals surface area contributed by atoms with Crippen molar-refractivity contribution in [3.63, 3.8) is 0 Å². The lowest BCUT2D eigenvalue weighted by molar-refractivity contribution is -0.384. The van der Waals surface area contributed by atoms with Crippen molar-refractivity contribution < 1.29 is 9.72 Å². The molecule has 0 fully saturated rings. The number of nitrogens with zero attached hydrogens (tertiary/aromatic N) is 2. The first-order valence-corrected chi connectivity index (χ1v) is 5.62. The average molecular weight is 252 g/mol. The van der Waals surface area contributed by atoms with E-state index < -0.39 is 4.92 Å². The van der Waals surface area contributed by atoms with E-state index >= 15 is 0 Å². The van der Waals surface area contributed by atoms with Gasteiger partial charge in [-0.15, -0.1) is 0 Å². The molecular weight excluding hydrogens is 236 g/mol. The lowest BCUT2D eigenvalue weighted by Gasteiger charge is -2.08. The molecule has 1 aromatic rings. The van der Waals surface area contributed by atoms with E-state index in [9.17, 15) is 14.9 Å². The van der Waals surface area contributed by atoms with Gasteiger partial charge in [-0.1, -0.05) is 0 Å². The van der Waals surface area contributed by atoms with Crippen LogP contribution in [0.5, 0.6) is 0 Å². The van der Waals surface area contributed by atoms with E-state index in [0.717, 1.165) is 0 Å². The summed E-state index contributed by atoms with van der Waals surface area (Å²) in [6, 6.07) is 2.75. The van der Waals surface area contributed by atoms with Gasteiger partial charge < -0.3 is 10.6 Å². The molecule has 7 nitrogen and oxygen atoms in total. The normalized spacial score (nSPS) is 10.2. The van der Waals surface area contributed by atoms with Crippen LogP contribution in [0.15, 0.2) is 18.3 Å². The number of pyridine rings is 1. The molecule has 0 aliphatic rings. The van der Waals surface area contributed by atoms with Crippen LogP contribution in [-0.2, 0) is 4.79 Å². The van der Waals surface area contributed by atoms with Crippen molar-refractivity contribution in [1.82, 2.24) is 10.3 Å². The number of hydrogen-bond donors (Lipinski definition) is 2. The molecule has 0 spiro atoms. The van der Waals surface area contributed by atoms with Crippen LogP contribution in [0.25, 0.3) is 0 Å². The highest BCUT2D eigenvalue weighted by Crippen LogP contribution is 2.13. The first-order valence-electron chi connectivity index (χ1n) is 5.62. The highest BCUT2D eigenvalue weighted by Gasteiger charge is 2.07. The number of amides is 1. The van der Waals surface area contributed by atoms with Gasteiger partial charge in [0.15, 0.2) is 0 Å². The van der Waals surface area contributed by atoms with Gasteiger partial charge in [0.05, 0.1) is 11.0 Å². The predicted octanol–water partition coefficient (Wildman–Crippen LogP) is 1.32.